The summed E-state index contributed by atoms with van der Waals surface area (Å²) in [7, 11) is 1.69. The van der Waals surface area contributed by atoms with E-state index in [0.717, 1.165) is 12.8 Å². The molecule has 1 aromatic rings. The lowest BCUT2D eigenvalue weighted by Crippen LogP contribution is -2.35. The Labute approximate surface area is 133 Å². The number of amides is 2. The minimum atomic E-state index is -0.276. The molecule has 0 spiro atoms. The summed E-state index contributed by atoms with van der Waals surface area (Å²) < 4.78 is 1.51. The van der Waals surface area contributed by atoms with E-state index in [4.69, 9.17) is 0 Å². The zero-order chi connectivity index (χ0) is 16.3. The smallest absolute Gasteiger partial charge is 0.258 e. The Morgan fingerprint density at radius 1 is 1.22 bits per heavy atom. The first-order valence-corrected chi connectivity index (χ1v) is 8.09. The number of nitrogens with zero attached hydrogens (tertiary/aromatic N) is 4. The van der Waals surface area contributed by atoms with Crippen LogP contribution in [0.2, 0.25) is 0 Å². The molecular formula is C16H20N4O3. The van der Waals surface area contributed by atoms with Crippen molar-refractivity contribution in [3.05, 3.63) is 27.4 Å². The number of aromatic nitrogens is 2. The van der Waals surface area contributed by atoms with Crippen molar-refractivity contribution in [2.45, 2.75) is 45.3 Å². The van der Waals surface area contributed by atoms with Crippen LogP contribution in [0.4, 0.5) is 0 Å². The van der Waals surface area contributed by atoms with Crippen LogP contribution in [0.15, 0.2) is 4.79 Å². The predicted molar refractivity (Wildman–Crippen MR) is 81.3 cm³/mol. The Balaban J connectivity index is 1.52. The van der Waals surface area contributed by atoms with Gasteiger partial charge in [-0.15, -0.1) is 0 Å². The van der Waals surface area contributed by atoms with Gasteiger partial charge < -0.3 is 9.80 Å². The van der Waals surface area contributed by atoms with Crippen LogP contribution in [-0.2, 0) is 29.7 Å². The normalized spacial score (nSPS) is 23.6. The van der Waals surface area contributed by atoms with Crippen molar-refractivity contribution in [1.29, 1.82) is 0 Å². The standard InChI is InChI=1S/C16H20N4O3/c1-9-17-13-8-19(7-12(13)16(23)18(9)2)15(22)10-5-14(21)20(6-10)11-3-4-11/h10-11H,3-8H2,1-2H3. The molecule has 0 N–H and O–H groups in total. The summed E-state index contributed by atoms with van der Waals surface area (Å²) in [5.41, 5.74) is 1.22. The Hall–Kier alpha value is -2.18. The monoisotopic (exact) mass is 316 g/mol. The molecule has 122 valence electrons. The van der Waals surface area contributed by atoms with Gasteiger partial charge in [0.05, 0.1) is 30.3 Å². The van der Waals surface area contributed by atoms with Gasteiger partial charge in [0.25, 0.3) is 5.56 Å². The Kier molecular flexibility index (Phi) is 3.08. The van der Waals surface area contributed by atoms with Gasteiger partial charge >= 0.3 is 0 Å². The molecule has 1 saturated carbocycles. The first kappa shape index (κ1) is 14.4. The molecule has 3 aliphatic rings. The molecule has 0 bridgehead atoms. The molecule has 1 unspecified atom stereocenters. The molecular weight excluding hydrogens is 296 g/mol. The van der Waals surface area contributed by atoms with Crippen LogP contribution in [0, 0.1) is 12.8 Å². The van der Waals surface area contributed by atoms with Gasteiger partial charge in [-0.25, -0.2) is 4.98 Å². The zero-order valence-corrected chi connectivity index (χ0v) is 13.4. The summed E-state index contributed by atoms with van der Waals surface area (Å²) in [5.74, 6) is 0.438. The van der Waals surface area contributed by atoms with Crippen LogP contribution in [0.1, 0.15) is 36.3 Å². The Morgan fingerprint density at radius 2 is 1.96 bits per heavy atom. The number of rotatable bonds is 2. The number of fused-ring (bicyclic) bond motifs is 1. The van der Waals surface area contributed by atoms with E-state index in [1.165, 1.54) is 4.57 Å². The van der Waals surface area contributed by atoms with Crippen LogP contribution >= 0.6 is 0 Å². The highest BCUT2D eigenvalue weighted by atomic mass is 16.2. The second-order valence-electron chi connectivity index (χ2n) is 6.82. The van der Waals surface area contributed by atoms with Gasteiger partial charge in [0.2, 0.25) is 11.8 Å². The lowest BCUT2D eigenvalue weighted by Gasteiger charge is -2.20. The molecule has 7 nitrogen and oxygen atoms in total. The van der Waals surface area contributed by atoms with Crippen molar-refractivity contribution in [2.24, 2.45) is 13.0 Å². The molecule has 3 heterocycles. The molecule has 2 fully saturated rings. The van der Waals surface area contributed by atoms with Crippen molar-refractivity contribution in [3.8, 4) is 0 Å². The lowest BCUT2D eigenvalue weighted by atomic mass is 10.1. The summed E-state index contributed by atoms with van der Waals surface area (Å²) in [6.07, 6.45) is 2.41. The van der Waals surface area contributed by atoms with Crippen LogP contribution < -0.4 is 5.56 Å². The number of hydrogen-bond donors (Lipinski definition) is 0. The molecule has 2 aliphatic heterocycles. The van der Waals surface area contributed by atoms with Gasteiger partial charge in [0.1, 0.15) is 5.82 Å². The van der Waals surface area contributed by atoms with E-state index >= 15 is 0 Å². The number of likely N-dealkylation sites (tertiary alicyclic amines) is 1. The fourth-order valence-corrected chi connectivity index (χ4v) is 3.58. The maximum atomic E-state index is 12.7. The quantitative estimate of drug-likeness (QED) is 0.766. The second-order valence-corrected chi connectivity index (χ2v) is 6.82. The first-order chi connectivity index (χ1) is 11.0. The van der Waals surface area contributed by atoms with E-state index in [0.29, 0.717) is 49.2 Å². The number of hydrogen-bond acceptors (Lipinski definition) is 4. The molecule has 1 aromatic heterocycles. The van der Waals surface area contributed by atoms with Crippen molar-refractivity contribution in [2.75, 3.05) is 6.54 Å². The summed E-state index contributed by atoms with van der Waals surface area (Å²) in [6.45, 7) is 3.00. The molecule has 4 rings (SSSR count). The molecule has 1 saturated heterocycles. The fraction of sp³-hybridized carbons (Fsp3) is 0.625. The second kappa shape index (κ2) is 4.91. The third kappa shape index (κ3) is 2.26. The van der Waals surface area contributed by atoms with Crippen LogP contribution in [0.5, 0.6) is 0 Å². The predicted octanol–water partition coefficient (Wildman–Crippen LogP) is -0.0582. The van der Waals surface area contributed by atoms with E-state index < -0.39 is 0 Å². The lowest BCUT2D eigenvalue weighted by molar-refractivity contribution is -0.136. The summed E-state index contributed by atoms with van der Waals surface area (Å²) in [5, 5.41) is 0. The highest BCUT2D eigenvalue weighted by Gasteiger charge is 2.43. The highest BCUT2D eigenvalue weighted by Crippen LogP contribution is 2.34. The number of carbonyl (C=O) groups excluding carboxylic acids is 2. The highest BCUT2D eigenvalue weighted by molar-refractivity contribution is 5.89. The van der Waals surface area contributed by atoms with Crippen LogP contribution in [0.25, 0.3) is 0 Å². The summed E-state index contributed by atoms with van der Waals surface area (Å²) in [4.78, 5) is 45.0. The third-order valence-electron chi connectivity index (χ3n) is 5.19. The van der Waals surface area contributed by atoms with Gasteiger partial charge in [-0.05, 0) is 19.8 Å². The molecule has 7 heteroatoms. The minimum Gasteiger partial charge on any atom is -0.339 e. The van der Waals surface area contributed by atoms with E-state index in [-0.39, 0.29) is 23.3 Å². The zero-order valence-electron chi connectivity index (χ0n) is 13.4. The summed E-state index contributed by atoms with van der Waals surface area (Å²) in [6, 6.07) is 0.354. The Morgan fingerprint density at radius 3 is 2.65 bits per heavy atom. The minimum absolute atomic E-state index is 0.0285. The Bertz CT molecular complexity index is 765. The maximum Gasteiger partial charge on any atom is 0.258 e. The third-order valence-corrected chi connectivity index (χ3v) is 5.19. The van der Waals surface area contributed by atoms with Gasteiger partial charge in [0, 0.05) is 26.1 Å². The van der Waals surface area contributed by atoms with E-state index in [1.807, 2.05) is 4.90 Å². The number of carbonyl (C=O) groups is 2. The van der Waals surface area contributed by atoms with Crippen LogP contribution in [0.3, 0.4) is 0 Å². The first-order valence-electron chi connectivity index (χ1n) is 8.09. The largest absolute Gasteiger partial charge is 0.339 e. The SMILES string of the molecule is Cc1nc2c(c(=O)n1C)CN(C(=O)C1CC(=O)N(C3CC3)C1)C2. The van der Waals surface area contributed by atoms with E-state index in [9.17, 15) is 14.4 Å². The number of aryl methyl sites for hydroxylation is 1. The average Bonchev–Trinajstić information content (AvgIpc) is 3.16. The topological polar surface area (TPSA) is 75.5 Å². The van der Waals surface area contributed by atoms with Gasteiger partial charge in [-0.1, -0.05) is 0 Å². The molecule has 1 aliphatic carbocycles. The molecule has 1 atom stereocenters. The van der Waals surface area contributed by atoms with Gasteiger partial charge in [-0.2, -0.15) is 0 Å². The molecule has 0 aromatic carbocycles. The fourth-order valence-electron chi connectivity index (χ4n) is 3.58. The molecule has 2 amide bonds. The molecule has 0 radical (unpaired) electrons. The summed E-state index contributed by atoms with van der Waals surface area (Å²) >= 11 is 0. The van der Waals surface area contributed by atoms with E-state index in [1.54, 1.807) is 18.9 Å². The van der Waals surface area contributed by atoms with Gasteiger partial charge in [-0.3, -0.25) is 19.0 Å². The van der Waals surface area contributed by atoms with Crippen molar-refractivity contribution in [1.82, 2.24) is 19.4 Å². The average molecular weight is 316 g/mol. The maximum absolute atomic E-state index is 12.7. The van der Waals surface area contributed by atoms with Gasteiger partial charge in [0.15, 0.2) is 0 Å². The molecule has 23 heavy (non-hydrogen) atoms. The van der Waals surface area contributed by atoms with E-state index in [2.05, 4.69) is 4.98 Å². The van der Waals surface area contributed by atoms with Crippen LogP contribution in [-0.4, -0.2) is 43.8 Å². The van der Waals surface area contributed by atoms with Crippen molar-refractivity contribution in [3.63, 3.8) is 0 Å². The van der Waals surface area contributed by atoms with Crippen molar-refractivity contribution >= 4 is 11.8 Å². The van der Waals surface area contributed by atoms with Crippen molar-refractivity contribution < 1.29 is 9.59 Å².